The largest absolute Gasteiger partial charge is 0.353 e. The van der Waals surface area contributed by atoms with Gasteiger partial charge in [-0.2, -0.15) is 0 Å². The zero-order valence-corrected chi connectivity index (χ0v) is 12.5. The Labute approximate surface area is 121 Å². The lowest BCUT2D eigenvalue weighted by Crippen LogP contribution is -2.46. The van der Waals surface area contributed by atoms with Gasteiger partial charge in [0.1, 0.15) is 0 Å². The second-order valence-electron chi connectivity index (χ2n) is 6.09. The van der Waals surface area contributed by atoms with Gasteiger partial charge in [0.25, 0.3) is 0 Å². The molecular weight excluding hydrogens is 254 g/mol. The molecule has 2 saturated heterocycles. The Morgan fingerprint density at radius 2 is 1.80 bits per heavy atom. The van der Waals surface area contributed by atoms with Crippen molar-refractivity contribution in [1.29, 1.82) is 0 Å². The van der Waals surface area contributed by atoms with E-state index in [1.54, 1.807) is 6.92 Å². The summed E-state index contributed by atoms with van der Waals surface area (Å²) in [5, 5.41) is 6.30. The lowest BCUT2D eigenvalue weighted by molar-refractivity contribution is -0.132. The van der Waals surface area contributed by atoms with Gasteiger partial charge in [-0.05, 0) is 51.1 Å². The summed E-state index contributed by atoms with van der Waals surface area (Å²) in [5.74, 6) is 1.04. The summed E-state index contributed by atoms with van der Waals surface area (Å²) in [6.07, 6.45) is 5.91. The summed E-state index contributed by atoms with van der Waals surface area (Å²) < 4.78 is 0. The third-order valence-electron chi connectivity index (χ3n) is 4.48. The molecule has 5 heteroatoms. The molecule has 0 aromatic rings. The molecule has 0 aromatic carbocycles. The van der Waals surface area contributed by atoms with Crippen LogP contribution in [0, 0.1) is 5.92 Å². The van der Waals surface area contributed by atoms with Crippen molar-refractivity contribution in [3.8, 4) is 0 Å². The summed E-state index contributed by atoms with van der Waals surface area (Å²) in [5.41, 5.74) is 0. The molecule has 2 aliphatic heterocycles. The molecule has 0 unspecified atom stereocenters. The topological polar surface area (TPSA) is 61.4 Å². The van der Waals surface area contributed by atoms with Crippen molar-refractivity contribution in [1.82, 2.24) is 15.5 Å². The highest BCUT2D eigenvalue weighted by Crippen LogP contribution is 2.19. The van der Waals surface area contributed by atoms with E-state index >= 15 is 0 Å². The maximum absolute atomic E-state index is 12.2. The number of hydrogen-bond acceptors (Lipinski definition) is 3. The lowest BCUT2D eigenvalue weighted by atomic mass is 9.93. The number of carbonyl (C=O) groups excluding carboxylic acids is 2. The van der Waals surface area contributed by atoms with Gasteiger partial charge in [0.05, 0.1) is 0 Å². The van der Waals surface area contributed by atoms with Crippen molar-refractivity contribution in [2.45, 2.75) is 51.5 Å². The zero-order valence-electron chi connectivity index (χ0n) is 12.5. The van der Waals surface area contributed by atoms with Crippen LogP contribution < -0.4 is 10.6 Å². The third-order valence-corrected chi connectivity index (χ3v) is 4.48. The molecule has 20 heavy (non-hydrogen) atoms. The molecule has 0 aromatic heterocycles. The monoisotopic (exact) mass is 281 g/mol. The summed E-state index contributed by atoms with van der Waals surface area (Å²) in [4.78, 5) is 25.2. The average Bonchev–Trinajstić information content (AvgIpc) is 2.46. The van der Waals surface area contributed by atoms with Crippen LogP contribution in [0.1, 0.15) is 45.4 Å². The van der Waals surface area contributed by atoms with Crippen molar-refractivity contribution in [3.63, 3.8) is 0 Å². The van der Waals surface area contributed by atoms with Gasteiger partial charge < -0.3 is 15.5 Å². The number of carbonyl (C=O) groups is 2. The molecule has 0 aliphatic carbocycles. The fourth-order valence-electron chi connectivity index (χ4n) is 3.22. The molecule has 2 aliphatic rings. The number of piperidine rings is 2. The van der Waals surface area contributed by atoms with Gasteiger partial charge in [-0.25, -0.2) is 0 Å². The van der Waals surface area contributed by atoms with Crippen LogP contribution in [-0.4, -0.2) is 48.9 Å². The van der Waals surface area contributed by atoms with Crippen LogP contribution in [0.15, 0.2) is 0 Å². The van der Waals surface area contributed by atoms with Crippen molar-refractivity contribution in [2.24, 2.45) is 5.92 Å². The van der Waals surface area contributed by atoms with Crippen LogP contribution in [0.25, 0.3) is 0 Å². The Morgan fingerprint density at radius 3 is 2.40 bits per heavy atom. The third kappa shape index (κ3) is 4.78. The van der Waals surface area contributed by atoms with E-state index in [2.05, 4.69) is 10.6 Å². The SMILES string of the molecule is CC(=O)NC1CCN(C(=O)CCC2CCNCC2)CC1. The Kier molecular flexibility index (Phi) is 5.83. The molecule has 2 amide bonds. The quantitative estimate of drug-likeness (QED) is 0.804. The molecule has 0 saturated carbocycles. The normalized spacial score (nSPS) is 21.8. The molecule has 2 heterocycles. The standard InChI is InChI=1S/C15H27N3O2/c1-12(19)17-14-6-10-18(11-7-14)15(20)3-2-13-4-8-16-9-5-13/h13-14,16H,2-11H2,1H3,(H,17,19). The molecule has 2 fully saturated rings. The van der Waals surface area contributed by atoms with Crippen LogP contribution >= 0.6 is 0 Å². The maximum Gasteiger partial charge on any atom is 0.222 e. The lowest BCUT2D eigenvalue weighted by Gasteiger charge is -2.32. The predicted molar refractivity (Wildman–Crippen MR) is 78.2 cm³/mol. The fourth-order valence-corrected chi connectivity index (χ4v) is 3.22. The zero-order chi connectivity index (χ0) is 14.4. The number of likely N-dealkylation sites (tertiary alicyclic amines) is 1. The van der Waals surface area contributed by atoms with Crippen LogP contribution in [0.5, 0.6) is 0 Å². The van der Waals surface area contributed by atoms with E-state index in [-0.39, 0.29) is 11.9 Å². The average molecular weight is 281 g/mol. The van der Waals surface area contributed by atoms with E-state index in [4.69, 9.17) is 0 Å². The summed E-state index contributed by atoms with van der Waals surface area (Å²) >= 11 is 0. The van der Waals surface area contributed by atoms with Gasteiger partial charge in [-0.15, -0.1) is 0 Å². The van der Waals surface area contributed by atoms with Gasteiger partial charge in [0.15, 0.2) is 0 Å². The molecule has 0 atom stereocenters. The first-order valence-electron chi connectivity index (χ1n) is 7.90. The molecular formula is C15H27N3O2. The van der Waals surface area contributed by atoms with E-state index in [9.17, 15) is 9.59 Å². The molecule has 0 spiro atoms. The van der Waals surface area contributed by atoms with Crippen LogP contribution in [0.4, 0.5) is 0 Å². The predicted octanol–water partition coefficient (Wildman–Crippen LogP) is 0.893. The van der Waals surface area contributed by atoms with Crippen molar-refractivity contribution < 1.29 is 9.59 Å². The fraction of sp³-hybridized carbons (Fsp3) is 0.867. The van der Waals surface area contributed by atoms with Gasteiger partial charge >= 0.3 is 0 Å². The molecule has 0 bridgehead atoms. The number of nitrogens with one attached hydrogen (secondary N) is 2. The van der Waals surface area contributed by atoms with Gasteiger partial charge in [-0.3, -0.25) is 9.59 Å². The van der Waals surface area contributed by atoms with Crippen molar-refractivity contribution in [3.05, 3.63) is 0 Å². The number of nitrogens with zero attached hydrogens (tertiary/aromatic N) is 1. The van der Waals surface area contributed by atoms with Crippen molar-refractivity contribution in [2.75, 3.05) is 26.2 Å². The Bertz CT molecular complexity index is 332. The Hall–Kier alpha value is -1.10. The van der Waals surface area contributed by atoms with Gasteiger partial charge in [-0.1, -0.05) is 0 Å². The van der Waals surface area contributed by atoms with Crippen LogP contribution in [0.3, 0.4) is 0 Å². The van der Waals surface area contributed by atoms with E-state index < -0.39 is 0 Å². The molecule has 5 nitrogen and oxygen atoms in total. The Morgan fingerprint density at radius 1 is 1.15 bits per heavy atom. The second kappa shape index (κ2) is 7.62. The Balaban J connectivity index is 1.65. The minimum absolute atomic E-state index is 0.0284. The highest BCUT2D eigenvalue weighted by molar-refractivity contribution is 5.76. The van der Waals surface area contributed by atoms with E-state index in [1.807, 2.05) is 4.90 Å². The minimum atomic E-state index is 0.0284. The molecule has 2 N–H and O–H groups in total. The number of amides is 2. The molecule has 2 rings (SSSR count). The first-order chi connectivity index (χ1) is 9.65. The first kappa shape index (κ1) is 15.3. The van der Waals surface area contributed by atoms with E-state index in [0.717, 1.165) is 51.4 Å². The van der Waals surface area contributed by atoms with Crippen LogP contribution in [0.2, 0.25) is 0 Å². The molecule has 114 valence electrons. The second-order valence-corrected chi connectivity index (χ2v) is 6.09. The smallest absolute Gasteiger partial charge is 0.222 e. The van der Waals surface area contributed by atoms with E-state index in [1.165, 1.54) is 12.8 Å². The van der Waals surface area contributed by atoms with Gasteiger partial charge in [0, 0.05) is 32.5 Å². The summed E-state index contributed by atoms with van der Waals surface area (Å²) in [6.45, 7) is 5.32. The van der Waals surface area contributed by atoms with E-state index in [0.29, 0.717) is 12.3 Å². The highest BCUT2D eigenvalue weighted by atomic mass is 16.2. The van der Waals surface area contributed by atoms with Gasteiger partial charge in [0.2, 0.25) is 11.8 Å². The summed E-state index contributed by atoms with van der Waals surface area (Å²) in [6, 6.07) is 0.251. The number of hydrogen-bond donors (Lipinski definition) is 2. The van der Waals surface area contributed by atoms with Crippen molar-refractivity contribution >= 4 is 11.8 Å². The maximum atomic E-state index is 12.2. The minimum Gasteiger partial charge on any atom is -0.353 e. The van der Waals surface area contributed by atoms with Crippen LogP contribution in [-0.2, 0) is 9.59 Å². The number of rotatable bonds is 4. The first-order valence-corrected chi connectivity index (χ1v) is 7.90. The highest BCUT2D eigenvalue weighted by Gasteiger charge is 2.23. The molecule has 0 radical (unpaired) electrons. The summed E-state index contributed by atoms with van der Waals surface area (Å²) in [7, 11) is 0.